The van der Waals surface area contributed by atoms with Crippen LogP contribution in [0.2, 0.25) is 0 Å². The lowest BCUT2D eigenvalue weighted by atomic mass is 9.97. The molecule has 2 unspecified atom stereocenters. The van der Waals surface area contributed by atoms with Crippen molar-refractivity contribution in [2.24, 2.45) is 5.92 Å². The second kappa shape index (κ2) is 6.29. The molecule has 5 heteroatoms. The number of nitrogens with one attached hydrogen (secondary N) is 1. The van der Waals surface area contributed by atoms with Crippen molar-refractivity contribution >= 4 is 0 Å². The maximum absolute atomic E-state index is 5.44. The molecule has 0 aromatic carbocycles. The summed E-state index contributed by atoms with van der Waals surface area (Å²) in [5.74, 6) is 1.76. The number of hydrogen-bond acceptors (Lipinski definition) is 4. The first kappa shape index (κ1) is 13.5. The van der Waals surface area contributed by atoms with Crippen molar-refractivity contribution < 1.29 is 4.74 Å². The predicted molar refractivity (Wildman–Crippen MR) is 70.5 cm³/mol. The highest BCUT2D eigenvalue weighted by Gasteiger charge is 2.21. The second-order valence-electron chi connectivity index (χ2n) is 5.37. The van der Waals surface area contributed by atoms with E-state index >= 15 is 0 Å². The van der Waals surface area contributed by atoms with Gasteiger partial charge in [-0.3, -0.25) is 0 Å². The van der Waals surface area contributed by atoms with Crippen LogP contribution < -0.4 is 5.32 Å². The Balaban J connectivity index is 1.94. The first-order valence-corrected chi connectivity index (χ1v) is 6.84. The summed E-state index contributed by atoms with van der Waals surface area (Å²) >= 11 is 0. The van der Waals surface area contributed by atoms with Gasteiger partial charge in [-0.25, -0.2) is 9.67 Å². The van der Waals surface area contributed by atoms with E-state index in [9.17, 15) is 0 Å². The molecular weight excluding hydrogens is 228 g/mol. The molecule has 1 saturated heterocycles. The van der Waals surface area contributed by atoms with Gasteiger partial charge >= 0.3 is 0 Å². The quantitative estimate of drug-likeness (QED) is 0.832. The molecule has 102 valence electrons. The van der Waals surface area contributed by atoms with Crippen molar-refractivity contribution in [2.45, 2.75) is 45.2 Å². The van der Waals surface area contributed by atoms with Gasteiger partial charge in [-0.05, 0) is 39.7 Å². The van der Waals surface area contributed by atoms with E-state index in [1.807, 2.05) is 11.7 Å². The van der Waals surface area contributed by atoms with Gasteiger partial charge in [0.1, 0.15) is 12.2 Å². The molecule has 2 heterocycles. The maximum Gasteiger partial charge on any atom is 0.138 e. The van der Waals surface area contributed by atoms with E-state index in [0.717, 1.165) is 31.9 Å². The topological polar surface area (TPSA) is 52.0 Å². The van der Waals surface area contributed by atoms with Gasteiger partial charge in [-0.1, -0.05) is 0 Å². The Kier molecular flexibility index (Phi) is 4.72. The highest BCUT2D eigenvalue weighted by atomic mass is 16.5. The Bertz CT molecular complexity index is 358. The summed E-state index contributed by atoms with van der Waals surface area (Å²) in [4.78, 5) is 4.38. The fourth-order valence-corrected chi connectivity index (χ4v) is 2.55. The highest BCUT2D eigenvalue weighted by molar-refractivity contribution is 4.92. The molecule has 0 amide bonds. The normalized spacial score (nSPS) is 21.7. The lowest BCUT2D eigenvalue weighted by Gasteiger charge is -2.20. The molecule has 1 aliphatic heterocycles. The van der Waals surface area contributed by atoms with E-state index in [4.69, 9.17) is 4.74 Å². The van der Waals surface area contributed by atoms with Crippen molar-refractivity contribution in [1.29, 1.82) is 0 Å². The average Bonchev–Trinajstić information content (AvgIpc) is 2.98. The highest BCUT2D eigenvalue weighted by Crippen LogP contribution is 2.20. The lowest BCUT2D eigenvalue weighted by Crippen LogP contribution is -2.31. The second-order valence-corrected chi connectivity index (χ2v) is 5.37. The van der Waals surface area contributed by atoms with E-state index < -0.39 is 0 Å². The van der Waals surface area contributed by atoms with Crippen molar-refractivity contribution in [1.82, 2.24) is 20.1 Å². The van der Waals surface area contributed by atoms with Crippen LogP contribution >= 0.6 is 0 Å². The van der Waals surface area contributed by atoms with Crippen molar-refractivity contribution in [3.63, 3.8) is 0 Å². The SMILES string of the molecule is CNC(Cc1ncnn1C(C)C)CC1CCOC1. The molecule has 1 aliphatic rings. The Hall–Kier alpha value is -0.940. The Labute approximate surface area is 109 Å². The molecule has 2 atom stereocenters. The van der Waals surface area contributed by atoms with Crippen LogP contribution in [0.15, 0.2) is 6.33 Å². The zero-order valence-electron chi connectivity index (χ0n) is 11.6. The van der Waals surface area contributed by atoms with Gasteiger partial charge in [0.05, 0.1) is 0 Å². The smallest absolute Gasteiger partial charge is 0.138 e. The van der Waals surface area contributed by atoms with Gasteiger partial charge in [0.2, 0.25) is 0 Å². The summed E-state index contributed by atoms with van der Waals surface area (Å²) in [7, 11) is 2.02. The molecule has 0 saturated carbocycles. The van der Waals surface area contributed by atoms with E-state index in [1.54, 1.807) is 6.33 Å². The minimum Gasteiger partial charge on any atom is -0.381 e. The monoisotopic (exact) mass is 252 g/mol. The van der Waals surface area contributed by atoms with E-state index in [-0.39, 0.29) is 0 Å². The largest absolute Gasteiger partial charge is 0.381 e. The Morgan fingerprint density at radius 2 is 2.39 bits per heavy atom. The van der Waals surface area contributed by atoms with Crippen molar-refractivity contribution in [2.75, 3.05) is 20.3 Å². The lowest BCUT2D eigenvalue weighted by molar-refractivity contribution is 0.181. The van der Waals surface area contributed by atoms with Crippen LogP contribution in [0.4, 0.5) is 0 Å². The van der Waals surface area contributed by atoms with Gasteiger partial charge < -0.3 is 10.1 Å². The summed E-state index contributed by atoms with van der Waals surface area (Å²) in [5, 5.41) is 7.68. The third-order valence-electron chi connectivity index (χ3n) is 3.62. The summed E-state index contributed by atoms with van der Waals surface area (Å²) in [6.45, 7) is 6.10. The third-order valence-corrected chi connectivity index (χ3v) is 3.62. The van der Waals surface area contributed by atoms with Gasteiger partial charge in [0.25, 0.3) is 0 Å². The van der Waals surface area contributed by atoms with Gasteiger partial charge in [0, 0.05) is 31.7 Å². The molecule has 1 aromatic heterocycles. The first-order valence-electron chi connectivity index (χ1n) is 6.84. The number of rotatable bonds is 6. The summed E-state index contributed by atoms with van der Waals surface area (Å²) in [6, 6.07) is 0.827. The average molecular weight is 252 g/mol. The number of ether oxygens (including phenoxy) is 1. The Morgan fingerprint density at radius 1 is 1.56 bits per heavy atom. The molecule has 5 nitrogen and oxygen atoms in total. The number of likely N-dealkylation sites (N-methyl/N-ethyl adjacent to an activating group) is 1. The van der Waals surface area contributed by atoms with Crippen molar-refractivity contribution in [3.8, 4) is 0 Å². The minimum atomic E-state index is 0.370. The molecule has 18 heavy (non-hydrogen) atoms. The van der Waals surface area contributed by atoms with Crippen LogP contribution in [-0.2, 0) is 11.2 Å². The summed E-state index contributed by atoms with van der Waals surface area (Å²) in [6.07, 6.45) is 4.93. The van der Waals surface area contributed by atoms with Crippen LogP contribution in [0, 0.1) is 5.92 Å². The number of nitrogens with zero attached hydrogens (tertiary/aromatic N) is 3. The molecule has 1 fully saturated rings. The van der Waals surface area contributed by atoms with Crippen LogP contribution in [0.25, 0.3) is 0 Å². The van der Waals surface area contributed by atoms with E-state index in [2.05, 4.69) is 29.2 Å². The maximum atomic E-state index is 5.44. The first-order chi connectivity index (χ1) is 8.70. The Morgan fingerprint density at radius 3 is 3.00 bits per heavy atom. The van der Waals surface area contributed by atoms with Crippen LogP contribution in [0.5, 0.6) is 0 Å². The standard InChI is InChI=1S/C13H24N4O/c1-10(2)17-13(15-9-16-17)7-12(14-3)6-11-4-5-18-8-11/h9-12,14H,4-8H2,1-3H3. The molecule has 2 rings (SSSR count). The zero-order valence-corrected chi connectivity index (χ0v) is 11.6. The predicted octanol–water partition coefficient (Wildman–Crippen LogP) is 1.42. The number of aromatic nitrogens is 3. The van der Waals surface area contributed by atoms with E-state index in [0.29, 0.717) is 18.0 Å². The van der Waals surface area contributed by atoms with Crippen LogP contribution in [0.3, 0.4) is 0 Å². The summed E-state index contributed by atoms with van der Waals surface area (Å²) < 4.78 is 7.45. The van der Waals surface area contributed by atoms with Crippen LogP contribution in [-0.4, -0.2) is 41.1 Å². The van der Waals surface area contributed by atoms with Crippen molar-refractivity contribution in [3.05, 3.63) is 12.2 Å². The van der Waals surface area contributed by atoms with E-state index in [1.165, 1.54) is 6.42 Å². The minimum absolute atomic E-state index is 0.370. The molecule has 1 N–H and O–H groups in total. The van der Waals surface area contributed by atoms with Crippen LogP contribution in [0.1, 0.15) is 38.6 Å². The number of hydrogen-bond donors (Lipinski definition) is 1. The molecule has 0 aliphatic carbocycles. The summed E-state index contributed by atoms with van der Waals surface area (Å²) in [5.41, 5.74) is 0. The molecule has 0 bridgehead atoms. The van der Waals surface area contributed by atoms with Gasteiger partial charge in [-0.2, -0.15) is 5.10 Å². The molecule has 0 spiro atoms. The molecule has 0 radical (unpaired) electrons. The molecular formula is C13H24N4O. The third kappa shape index (κ3) is 3.29. The zero-order chi connectivity index (χ0) is 13.0. The fourth-order valence-electron chi connectivity index (χ4n) is 2.55. The van der Waals surface area contributed by atoms with Gasteiger partial charge in [0.15, 0.2) is 0 Å². The fraction of sp³-hybridized carbons (Fsp3) is 0.846. The molecule has 1 aromatic rings. The van der Waals surface area contributed by atoms with Gasteiger partial charge in [-0.15, -0.1) is 0 Å².